The normalized spacial score (nSPS) is 18.6. The number of rotatable bonds is 6. The first-order chi connectivity index (χ1) is 10.1. The van der Waals surface area contributed by atoms with Crippen LogP contribution in [0.15, 0.2) is 40.9 Å². The fourth-order valence-corrected chi connectivity index (χ4v) is 1.94. The zero-order chi connectivity index (χ0) is 15.7. The molecule has 1 rings (SSSR count). The maximum absolute atomic E-state index is 11.8. The molecule has 0 bridgehead atoms. The molecule has 0 aromatic rings. The van der Waals surface area contributed by atoms with Crippen molar-refractivity contribution in [2.24, 2.45) is 4.99 Å². The number of allylic oxidation sites excluding steroid dienone is 3. The van der Waals surface area contributed by atoms with E-state index in [0.29, 0.717) is 18.9 Å². The van der Waals surface area contributed by atoms with Crippen molar-refractivity contribution in [1.29, 1.82) is 5.26 Å². The van der Waals surface area contributed by atoms with Crippen molar-refractivity contribution >= 4 is 11.7 Å². The Hall–Kier alpha value is -2.19. The lowest BCUT2D eigenvalue weighted by molar-refractivity contribution is -0.144. The highest BCUT2D eigenvalue weighted by Crippen LogP contribution is 2.11. The highest BCUT2D eigenvalue weighted by molar-refractivity contribution is 6.02. The molecule has 1 unspecified atom stereocenters. The zero-order valence-electron chi connectivity index (χ0n) is 12.7. The largest absolute Gasteiger partial charge is 0.465 e. The Morgan fingerprint density at radius 2 is 2.29 bits per heavy atom. The summed E-state index contributed by atoms with van der Waals surface area (Å²) in [6.07, 6.45) is 11.3. The third-order valence-electron chi connectivity index (χ3n) is 2.92. The molecule has 0 N–H and O–H groups in total. The number of aliphatic imine (C=N–C) groups is 1. The fourth-order valence-electron chi connectivity index (χ4n) is 1.94. The molecule has 0 saturated carbocycles. The van der Waals surface area contributed by atoms with Crippen LogP contribution in [0.3, 0.4) is 0 Å². The van der Waals surface area contributed by atoms with Crippen molar-refractivity contribution in [1.82, 2.24) is 4.90 Å². The highest BCUT2D eigenvalue weighted by atomic mass is 16.5. The third kappa shape index (κ3) is 5.76. The quantitative estimate of drug-likeness (QED) is 0.427. The monoisotopic (exact) mass is 287 g/mol. The van der Waals surface area contributed by atoms with Crippen LogP contribution < -0.4 is 0 Å². The second-order valence-corrected chi connectivity index (χ2v) is 4.84. The molecule has 1 atom stereocenters. The first-order valence-corrected chi connectivity index (χ1v) is 6.93. The average molecular weight is 287 g/mol. The van der Waals surface area contributed by atoms with Crippen molar-refractivity contribution in [2.45, 2.75) is 26.8 Å². The van der Waals surface area contributed by atoms with Crippen molar-refractivity contribution in [3.8, 4) is 6.19 Å². The Labute approximate surface area is 125 Å². The standard InChI is InChI=1S/C16H21N3O2/c1-4-21-16(20)11-19(10-9-13(2)3)15-8-6-5-7-14(15)18-12-17/h5-9,15H,4,10-11H2,1-3H3. The number of carbonyl (C=O) groups excluding carboxylic acids is 1. The van der Waals surface area contributed by atoms with Gasteiger partial charge in [-0.05, 0) is 26.8 Å². The summed E-state index contributed by atoms with van der Waals surface area (Å²) < 4.78 is 5.02. The van der Waals surface area contributed by atoms with Gasteiger partial charge >= 0.3 is 5.97 Å². The number of hydrogen-bond acceptors (Lipinski definition) is 5. The minimum absolute atomic E-state index is 0.158. The molecule has 0 saturated heterocycles. The van der Waals surface area contributed by atoms with E-state index in [1.165, 1.54) is 0 Å². The smallest absolute Gasteiger partial charge is 0.320 e. The van der Waals surface area contributed by atoms with Crippen LogP contribution >= 0.6 is 0 Å². The molecule has 0 aromatic heterocycles. The van der Waals surface area contributed by atoms with Gasteiger partial charge in [-0.1, -0.05) is 29.9 Å². The molecule has 112 valence electrons. The summed E-state index contributed by atoms with van der Waals surface area (Å²) in [5.41, 5.74) is 1.80. The predicted molar refractivity (Wildman–Crippen MR) is 82.8 cm³/mol. The van der Waals surface area contributed by atoms with E-state index >= 15 is 0 Å². The summed E-state index contributed by atoms with van der Waals surface area (Å²) in [5, 5.41) is 8.78. The van der Waals surface area contributed by atoms with Crippen LogP contribution in [0.2, 0.25) is 0 Å². The third-order valence-corrected chi connectivity index (χ3v) is 2.92. The fraction of sp³-hybridized carbons (Fsp3) is 0.438. The van der Waals surface area contributed by atoms with Crippen LogP contribution in [0.5, 0.6) is 0 Å². The van der Waals surface area contributed by atoms with Crippen molar-refractivity contribution < 1.29 is 9.53 Å². The molecule has 0 fully saturated rings. The molecule has 1 aliphatic rings. The number of ether oxygens (including phenoxy) is 1. The summed E-state index contributed by atoms with van der Waals surface area (Å²) in [6, 6.07) is -0.199. The SMILES string of the molecule is CCOC(=O)CN(CC=C(C)C)C1C=CC=CC1=NC#N. The Bertz CT molecular complexity index is 520. The Morgan fingerprint density at radius 1 is 1.52 bits per heavy atom. The van der Waals surface area contributed by atoms with E-state index in [2.05, 4.69) is 4.99 Å². The number of nitrogens with zero attached hydrogens (tertiary/aromatic N) is 3. The van der Waals surface area contributed by atoms with E-state index in [-0.39, 0.29) is 18.6 Å². The van der Waals surface area contributed by atoms with E-state index in [1.54, 1.807) is 13.0 Å². The molecule has 21 heavy (non-hydrogen) atoms. The van der Waals surface area contributed by atoms with Gasteiger partial charge in [0.05, 0.1) is 24.9 Å². The van der Waals surface area contributed by atoms with Crippen LogP contribution in [-0.2, 0) is 9.53 Å². The summed E-state index contributed by atoms with van der Waals surface area (Å²) in [7, 11) is 0. The number of hydrogen-bond donors (Lipinski definition) is 0. The van der Waals surface area contributed by atoms with Gasteiger partial charge in [0.15, 0.2) is 0 Å². The molecule has 0 aliphatic heterocycles. The van der Waals surface area contributed by atoms with Gasteiger partial charge in [-0.2, -0.15) is 10.3 Å². The van der Waals surface area contributed by atoms with E-state index in [1.807, 2.05) is 49.2 Å². The summed E-state index contributed by atoms with van der Waals surface area (Å²) in [6.45, 7) is 6.89. The zero-order valence-corrected chi connectivity index (χ0v) is 12.7. The van der Waals surface area contributed by atoms with Gasteiger partial charge in [0.2, 0.25) is 6.19 Å². The Balaban J connectivity index is 2.93. The molecule has 0 heterocycles. The van der Waals surface area contributed by atoms with Crippen molar-refractivity contribution in [3.05, 3.63) is 36.0 Å². The minimum Gasteiger partial charge on any atom is -0.465 e. The highest BCUT2D eigenvalue weighted by Gasteiger charge is 2.23. The van der Waals surface area contributed by atoms with Crippen LogP contribution in [0.4, 0.5) is 0 Å². The molecule has 1 aliphatic carbocycles. The second kappa shape index (κ2) is 8.88. The Kier molecular flexibility index (Phi) is 7.13. The van der Waals surface area contributed by atoms with E-state index < -0.39 is 0 Å². The van der Waals surface area contributed by atoms with Gasteiger partial charge in [0.25, 0.3) is 0 Å². The van der Waals surface area contributed by atoms with Crippen LogP contribution in [0, 0.1) is 11.5 Å². The lowest BCUT2D eigenvalue weighted by Crippen LogP contribution is -2.43. The summed E-state index contributed by atoms with van der Waals surface area (Å²) in [5.74, 6) is -0.279. The average Bonchev–Trinajstić information content (AvgIpc) is 2.44. The summed E-state index contributed by atoms with van der Waals surface area (Å²) in [4.78, 5) is 17.5. The molecule has 0 amide bonds. The maximum Gasteiger partial charge on any atom is 0.320 e. The van der Waals surface area contributed by atoms with Crippen LogP contribution in [0.25, 0.3) is 0 Å². The van der Waals surface area contributed by atoms with Gasteiger partial charge in [-0.25, -0.2) is 0 Å². The van der Waals surface area contributed by atoms with Gasteiger partial charge in [0, 0.05) is 6.54 Å². The van der Waals surface area contributed by atoms with Crippen LogP contribution in [0.1, 0.15) is 20.8 Å². The van der Waals surface area contributed by atoms with E-state index in [9.17, 15) is 4.79 Å². The molecule has 0 radical (unpaired) electrons. The van der Waals surface area contributed by atoms with Gasteiger partial charge in [-0.15, -0.1) is 0 Å². The first-order valence-electron chi connectivity index (χ1n) is 6.93. The lowest BCUT2D eigenvalue weighted by Gasteiger charge is -2.28. The van der Waals surface area contributed by atoms with Gasteiger partial charge < -0.3 is 4.74 Å². The first kappa shape index (κ1) is 16.9. The molecule has 0 aromatic carbocycles. The summed E-state index contributed by atoms with van der Waals surface area (Å²) >= 11 is 0. The molecule has 0 spiro atoms. The molecular formula is C16H21N3O2. The molecule has 5 heteroatoms. The molecular weight excluding hydrogens is 266 g/mol. The predicted octanol–water partition coefficient (Wildman–Crippen LogP) is 2.23. The van der Waals surface area contributed by atoms with Crippen molar-refractivity contribution in [2.75, 3.05) is 19.7 Å². The maximum atomic E-state index is 11.8. The number of nitriles is 1. The Morgan fingerprint density at radius 3 is 2.90 bits per heavy atom. The van der Waals surface area contributed by atoms with Crippen molar-refractivity contribution in [3.63, 3.8) is 0 Å². The van der Waals surface area contributed by atoms with Crippen LogP contribution in [-0.4, -0.2) is 42.3 Å². The van der Waals surface area contributed by atoms with Gasteiger partial charge in [0.1, 0.15) is 0 Å². The topological polar surface area (TPSA) is 65.7 Å². The molecule has 5 nitrogen and oxygen atoms in total. The van der Waals surface area contributed by atoms with Gasteiger partial charge in [-0.3, -0.25) is 9.69 Å². The minimum atomic E-state index is -0.279. The lowest BCUT2D eigenvalue weighted by atomic mass is 10.0. The second-order valence-electron chi connectivity index (χ2n) is 4.84. The van der Waals surface area contributed by atoms with E-state index in [4.69, 9.17) is 10.00 Å². The number of carbonyl (C=O) groups is 1. The number of esters is 1. The van der Waals surface area contributed by atoms with E-state index in [0.717, 1.165) is 5.57 Å².